The van der Waals surface area contributed by atoms with Crippen molar-refractivity contribution in [1.82, 2.24) is 5.32 Å². The van der Waals surface area contributed by atoms with Gasteiger partial charge in [-0.1, -0.05) is 6.92 Å². The number of halogens is 1. The smallest absolute Gasteiger partial charge is 0.223 e. The van der Waals surface area contributed by atoms with Crippen LogP contribution in [0.4, 0.5) is 4.39 Å². The fraction of sp³-hybridized carbons (Fsp3) is 0.714. The van der Waals surface area contributed by atoms with E-state index < -0.39 is 6.67 Å². The van der Waals surface area contributed by atoms with Gasteiger partial charge < -0.3 is 10.7 Å². The third-order valence-electron chi connectivity index (χ3n) is 1.31. The zero-order chi connectivity index (χ0) is 8.69. The number of nitrogens with one attached hydrogen (secondary N) is 2. The van der Waals surface area contributed by atoms with Gasteiger partial charge in [-0.05, 0) is 12.6 Å². The molecule has 4 heteroatoms. The number of alkyl halides is 1. The first-order valence-electron chi connectivity index (χ1n) is 3.55. The fourth-order valence-electron chi connectivity index (χ4n) is 0.628. The minimum Gasteiger partial charge on any atom is -0.353 e. The maximum Gasteiger partial charge on any atom is 0.223 e. The average Bonchev–Trinajstić information content (AvgIpc) is 2.00. The Morgan fingerprint density at radius 3 is 2.91 bits per heavy atom. The van der Waals surface area contributed by atoms with Gasteiger partial charge in [-0.3, -0.25) is 4.79 Å². The van der Waals surface area contributed by atoms with Gasteiger partial charge in [0.1, 0.15) is 6.67 Å². The van der Waals surface area contributed by atoms with Gasteiger partial charge in [0.25, 0.3) is 0 Å². The highest BCUT2D eigenvalue weighted by Gasteiger charge is 2.09. The summed E-state index contributed by atoms with van der Waals surface area (Å²) in [5.41, 5.74) is 0. The van der Waals surface area contributed by atoms with Crippen LogP contribution in [0.5, 0.6) is 0 Å². The van der Waals surface area contributed by atoms with Gasteiger partial charge in [0.15, 0.2) is 0 Å². The first kappa shape index (κ1) is 10.1. The number of carbonyl (C=O) groups excluding carboxylic acids is 1. The molecule has 0 fully saturated rings. The molecule has 1 atom stereocenters. The lowest BCUT2D eigenvalue weighted by molar-refractivity contribution is -0.124. The van der Waals surface area contributed by atoms with Crippen LogP contribution in [-0.2, 0) is 4.79 Å². The van der Waals surface area contributed by atoms with Crippen molar-refractivity contribution < 1.29 is 9.18 Å². The first-order chi connectivity index (χ1) is 5.22. The SMILES string of the molecule is C[C@@H](CC=N)C(=O)NCCF. The first-order valence-corrected chi connectivity index (χ1v) is 3.55. The second-order valence-electron chi connectivity index (χ2n) is 2.32. The molecule has 0 saturated heterocycles. The van der Waals surface area contributed by atoms with E-state index in [1.807, 2.05) is 0 Å². The Balaban J connectivity index is 3.54. The third-order valence-corrected chi connectivity index (χ3v) is 1.31. The Hall–Kier alpha value is -0.930. The number of hydrogen-bond acceptors (Lipinski definition) is 2. The predicted molar refractivity (Wildman–Crippen MR) is 41.5 cm³/mol. The molecular formula is C7H13FN2O. The quantitative estimate of drug-likeness (QED) is 0.573. The summed E-state index contributed by atoms with van der Waals surface area (Å²) in [6.07, 6.45) is 1.60. The van der Waals surface area contributed by atoms with Crippen molar-refractivity contribution in [2.75, 3.05) is 13.2 Å². The molecule has 0 aromatic carbocycles. The fourth-order valence-corrected chi connectivity index (χ4v) is 0.628. The third kappa shape index (κ3) is 4.47. The molecule has 0 rings (SSSR count). The van der Waals surface area contributed by atoms with Crippen molar-refractivity contribution >= 4 is 12.1 Å². The van der Waals surface area contributed by atoms with Crippen molar-refractivity contribution in [3.05, 3.63) is 0 Å². The van der Waals surface area contributed by atoms with E-state index >= 15 is 0 Å². The van der Waals surface area contributed by atoms with E-state index in [0.29, 0.717) is 6.42 Å². The molecule has 0 aromatic rings. The van der Waals surface area contributed by atoms with E-state index in [9.17, 15) is 9.18 Å². The van der Waals surface area contributed by atoms with E-state index in [4.69, 9.17) is 5.41 Å². The van der Waals surface area contributed by atoms with Crippen molar-refractivity contribution in [1.29, 1.82) is 5.41 Å². The van der Waals surface area contributed by atoms with Gasteiger partial charge in [-0.25, -0.2) is 4.39 Å². The molecule has 0 bridgehead atoms. The summed E-state index contributed by atoms with van der Waals surface area (Å²) in [5.74, 6) is -0.412. The van der Waals surface area contributed by atoms with Crippen molar-refractivity contribution in [3.8, 4) is 0 Å². The van der Waals surface area contributed by atoms with Crippen LogP contribution >= 0.6 is 0 Å². The van der Waals surface area contributed by atoms with Gasteiger partial charge in [-0.15, -0.1) is 0 Å². The molecule has 0 unspecified atom stereocenters. The predicted octanol–water partition coefficient (Wildman–Crippen LogP) is 0.748. The Kier molecular flexibility index (Phi) is 5.33. The van der Waals surface area contributed by atoms with E-state index in [2.05, 4.69) is 5.32 Å². The van der Waals surface area contributed by atoms with Crippen LogP contribution in [0.2, 0.25) is 0 Å². The standard InChI is InChI=1S/C7H13FN2O/c1-6(2-4-9)7(11)10-5-3-8/h4,6,9H,2-3,5H2,1H3,(H,10,11)/t6-/m0/s1. The van der Waals surface area contributed by atoms with Gasteiger partial charge >= 0.3 is 0 Å². The van der Waals surface area contributed by atoms with E-state index in [1.165, 1.54) is 6.21 Å². The lowest BCUT2D eigenvalue weighted by Gasteiger charge is -2.07. The number of hydrogen-bond donors (Lipinski definition) is 2. The monoisotopic (exact) mass is 160 g/mol. The molecule has 64 valence electrons. The highest BCUT2D eigenvalue weighted by atomic mass is 19.1. The van der Waals surface area contributed by atoms with Crippen LogP contribution < -0.4 is 5.32 Å². The Bertz CT molecular complexity index is 138. The minimum absolute atomic E-state index is 0.0706. The second kappa shape index (κ2) is 5.82. The summed E-state index contributed by atoms with van der Waals surface area (Å²) < 4.78 is 11.5. The molecule has 3 nitrogen and oxygen atoms in total. The van der Waals surface area contributed by atoms with E-state index in [0.717, 1.165) is 0 Å². The summed E-state index contributed by atoms with van der Waals surface area (Å²) in [6.45, 7) is 1.24. The summed E-state index contributed by atoms with van der Waals surface area (Å²) in [4.78, 5) is 10.9. The molecule has 11 heavy (non-hydrogen) atoms. The molecule has 0 radical (unpaired) electrons. The van der Waals surface area contributed by atoms with Crippen LogP contribution in [0.3, 0.4) is 0 Å². The average molecular weight is 160 g/mol. The van der Waals surface area contributed by atoms with Crippen LogP contribution in [0.25, 0.3) is 0 Å². The van der Waals surface area contributed by atoms with Crippen molar-refractivity contribution in [2.45, 2.75) is 13.3 Å². The molecule has 0 aliphatic heterocycles. The minimum atomic E-state index is -0.539. The number of rotatable bonds is 5. The van der Waals surface area contributed by atoms with Crippen LogP contribution in [0, 0.1) is 11.3 Å². The highest BCUT2D eigenvalue weighted by Crippen LogP contribution is 1.97. The summed E-state index contributed by atoms with van der Waals surface area (Å²) in [5, 5.41) is 9.12. The topological polar surface area (TPSA) is 53.0 Å². The number of amides is 1. The highest BCUT2D eigenvalue weighted by molar-refractivity contribution is 5.80. The number of carbonyl (C=O) groups is 1. The van der Waals surface area contributed by atoms with Crippen LogP contribution in [-0.4, -0.2) is 25.3 Å². The Morgan fingerprint density at radius 2 is 2.45 bits per heavy atom. The summed E-state index contributed by atoms with van der Waals surface area (Å²) in [6, 6.07) is 0. The van der Waals surface area contributed by atoms with Crippen molar-refractivity contribution in [2.24, 2.45) is 5.92 Å². The summed E-state index contributed by atoms with van der Waals surface area (Å²) in [7, 11) is 0. The maximum absolute atomic E-state index is 11.5. The molecule has 1 amide bonds. The van der Waals surface area contributed by atoms with Crippen LogP contribution in [0.15, 0.2) is 0 Å². The molecule has 2 N–H and O–H groups in total. The molecular weight excluding hydrogens is 147 g/mol. The van der Waals surface area contributed by atoms with Gasteiger partial charge in [0, 0.05) is 12.5 Å². The molecule has 0 saturated carbocycles. The largest absolute Gasteiger partial charge is 0.353 e. The lowest BCUT2D eigenvalue weighted by atomic mass is 10.1. The van der Waals surface area contributed by atoms with Gasteiger partial charge in [0.05, 0.1) is 0 Å². The van der Waals surface area contributed by atoms with Gasteiger partial charge in [0.2, 0.25) is 5.91 Å². The molecule has 0 aromatic heterocycles. The van der Waals surface area contributed by atoms with Gasteiger partial charge in [-0.2, -0.15) is 0 Å². The van der Waals surface area contributed by atoms with Crippen LogP contribution in [0.1, 0.15) is 13.3 Å². The Labute approximate surface area is 65.5 Å². The summed E-state index contributed by atoms with van der Waals surface area (Å²) >= 11 is 0. The lowest BCUT2D eigenvalue weighted by Crippen LogP contribution is -2.30. The molecule has 0 spiro atoms. The van der Waals surface area contributed by atoms with Crippen molar-refractivity contribution in [3.63, 3.8) is 0 Å². The van der Waals surface area contributed by atoms with E-state index in [1.54, 1.807) is 6.92 Å². The Morgan fingerprint density at radius 1 is 1.82 bits per heavy atom. The molecule has 0 aliphatic carbocycles. The second-order valence-corrected chi connectivity index (χ2v) is 2.32. The molecule has 0 heterocycles. The zero-order valence-electron chi connectivity index (χ0n) is 6.56. The normalized spacial score (nSPS) is 12.2. The zero-order valence-corrected chi connectivity index (χ0v) is 6.56. The van der Waals surface area contributed by atoms with E-state index in [-0.39, 0.29) is 18.4 Å². The molecule has 0 aliphatic rings. The maximum atomic E-state index is 11.5.